The Hall–Kier alpha value is -13.6. The maximum absolute atomic E-state index is 10.5. The first-order valence-electron chi connectivity index (χ1n) is 27.6. The highest BCUT2D eigenvalue weighted by Gasteiger charge is 2.27. The molecule has 0 unspecified atom stereocenters. The number of rotatable bonds is 8. The molecule has 0 bridgehead atoms. The minimum Gasteiger partial charge on any atom is -0.310 e. The topological polar surface area (TPSA) is 107 Å². The van der Waals surface area contributed by atoms with Crippen molar-refractivity contribution >= 4 is 77.7 Å². The summed E-state index contributed by atoms with van der Waals surface area (Å²) in [4.78, 5) is 23.1. The molecular weight excluding hydrogens is 1080 g/mol. The van der Waals surface area contributed by atoms with Crippen LogP contribution in [0.2, 0.25) is 0 Å². The molecule has 0 saturated carbocycles. The van der Waals surface area contributed by atoms with E-state index in [1.165, 1.54) is 0 Å². The normalized spacial score (nSPS) is 10.7. The van der Waals surface area contributed by atoms with E-state index in [1.54, 1.807) is 72.8 Å². The Balaban J connectivity index is 1.15. The summed E-state index contributed by atoms with van der Waals surface area (Å²) in [6.45, 7) is 53.1. The second kappa shape index (κ2) is 21.6. The SMILES string of the molecule is [C-]#[N+]c1ccc(-c2ccc3c(c2)c2cc(-c4ccc(C#N)cc4[N+]#[C-])ccc2n3-c2cccc(-c3ccc(C)cc3C)c2-c2c([N+]#[C-])cccc2-n2c3ccc(-c4ccc(C#N)cc4[N+]#[C-])cc3c3cc(-c4ccc([N+]#[C-])cc4[N+]#[C-])ccc32)c(C#N)c1. The minimum atomic E-state index is 0.328. The van der Waals surface area contributed by atoms with Gasteiger partial charge in [0, 0.05) is 55.0 Å². The van der Waals surface area contributed by atoms with Gasteiger partial charge in [0.1, 0.15) is 0 Å². The molecule has 13 aromatic rings. The largest absolute Gasteiger partial charge is 0.310 e. The average Bonchev–Trinajstić information content (AvgIpc) is 1.61. The van der Waals surface area contributed by atoms with Gasteiger partial charge in [0.2, 0.25) is 0 Å². The van der Waals surface area contributed by atoms with E-state index < -0.39 is 0 Å². The summed E-state index contributed by atoms with van der Waals surface area (Å²) in [5, 5.41) is 33.4. The van der Waals surface area contributed by atoms with Gasteiger partial charge in [-0.15, -0.1) is 0 Å². The zero-order valence-electron chi connectivity index (χ0n) is 47.0. The molecule has 88 heavy (non-hydrogen) atoms. The van der Waals surface area contributed by atoms with Crippen LogP contribution in [0.15, 0.2) is 200 Å². The molecule has 0 aliphatic rings. The minimum absolute atomic E-state index is 0.328. The van der Waals surface area contributed by atoms with E-state index in [9.17, 15) is 15.8 Å². The molecular formula is C77H39N11. The van der Waals surface area contributed by atoms with Gasteiger partial charge in [-0.3, -0.25) is 0 Å². The van der Waals surface area contributed by atoms with Crippen LogP contribution in [0.3, 0.4) is 0 Å². The summed E-state index contributed by atoms with van der Waals surface area (Å²) < 4.78 is 4.40. The van der Waals surface area contributed by atoms with Crippen LogP contribution in [0.25, 0.3) is 151 Å². The molecule has 0 aliphatic carbocycles. The number of fused-ring (bicyclic) bond motifs is 6. The molecule has 0 amide bonds. The zero-order valence-corrected chi connectivity index (χ0v) is 47.0. The highest BCUT2D eigenvalue weighted by molar-refractivity contribution is 6.16. The maximum Gasteiger partial charge on any atom is 0.197 e. The highest BCUT2D eigenvalue weighted by atomic mass is 15.0. The fourth-order valence-corrected chi connectivity index (χ4v) is 12.4. The molecule has 0 spiro atoms. The van der Waals surface area contributed by atoms with Gasteiger partial charge in [0.15, 0.2) is 34.1 Å². The number of benzene rings is 11. The van der Waals surface area contributed by atoms with Gasteiger partial charge in [-0.1, -0.05) is 115 Å². The summed E-state index contributed by atoms with van der Waals surface area (Å²) >= 11 is 0. The molecule has 0 saturated heterocycles. The standard InChI is InChI=1S/C77H39N11/c1-45-15-24-56(46(2)33-45)61-11-9-13-74(87-70-29-18-49(57-27-22-54(81-3)36-53(57)44-80)37-62(70)63-38-50(19-30-71(63)87)58-25-16-47(42-78)34-67(58)84-6)76(61)77-66(83-5)12-10-14-75(77)88-72-31-20-51(59-26-17-48(43-79)35-68(59)85-7)39-64(72)65-40-52(21-32-73(65)88)60-28-23-55(82-4)41-69(60)86-8/h9-41H,1-2H3. The van der Waals surface area contributed by atoms with Crippen LogP contribution in [0.5, 0.6) is 0 Å². The van der Waals surface area contributed by atoms with Crippen molar-refractivity contribution in [2.45, 2.75) is 13.8 Å². The summed E-state index contributed by atoms with van der Waals surface area (Å²) in [6, 6.07) is 69.7. The third-order valence-electron chi connectivity index (χ3n) is 16.3. The number of nitrogens with zero attached hydrogens (tertiary/aromatic N) is 11. The van der Waals surface area contributed by atoms with E-state index in [-0.39, 0.29) is 0 Å². The van der Waals surface area contributed by atoms with Crippen LogP contribution in [-0.4, -0.2) is 9.13 Å². The van der Waals surface area contributed by atoms with E-state index >= 15 is 0 Å². The number of hydrogen-bond acceptors (Lipinski definition) is 3. The highest BCUT2D eigenvalue weighted by Crippen LogP contribution is 2.51. The van der Waals surface area contributed by atoms with Crippen molar-refractivity contribution in [3.63, 3.8) is 0 Å². The average molecular weight is 1120 g/mol. The molecule has 13 rings (SSSR count). The molecule has 11 heteroatoms. The molecule has 11 nitrogen and oxygen atoms in total. The van der Waals surface area contributed by atoms with Crippen molar-refractivity contribution in [1.82, 2.24) is 9.13 Å². The zero-order chi connectivity index (χ0) is 60.9. The smallest absolute Gasteiger partial charge is 0.197 e. The van der Waals surface area contributed by atoms with Gasteiger partial charge in [0.25, 0.3) is 0 Å². The Morgan fingerprint density at radius 3 is 1.20 bits per heavy atom. The van der Waals surface area contributed by atoms with Crippen LogP contribution >= 0.6 is 0 Å². The summed E-state index contributed by atoms with van der Waals surface area (Å²) in [6.07, 6.45) is 0. The lowest BCUT2D eigenvalue weighted by Gasteiger charge is -2.23. The Morgan fingerprint density at radius 1 is 0.330 bits per heavy atom. The first-order chi connectivity index (χ1) is 43.0. The Labute approximate surface area is 506 Å². The van der Waals surface area contributed by atoms with Crippen LogP contribution in [0.4, 0.5) is 34.1 Å². The lowest BCUT2D eigenvalue weighted by molar-refractivity contribution is 1.16. The number of hydrogen-bond donors (Lipinski definition) is 0. The van der Waals surface area contributed by atoms with Crippen LogP contribution in [-0.2, 0) is 0 Å². The maximum atomic E-state index is 10.5. The fraction of sp³-hybridized carbons (Fsp3) is 0.0260. The van der Waals surface area contributed by atoms with Crippen molar-refractivity contribution in [2.75, 3.05) is 0 Å². The third kappa shape index (κ3) is 8.76. The third-order valence-corrected chi connectivity index (χ3v) is 16.3. The van der Waals surface area contributed by atoms with Gasteiger partial charge < -0.3 is 9.13 Å². The molecule has 11 aromatic carbocycles. The molecule has 0 aliphatic heterocycles. The fourth-order valence-electron chi connectivity index (χ4n) is 12.4. The second-order valence-corrected chi connectivity index (χ2v) is 21.2. The summed E-state index contributed by atoms with van der Waals surface area (Å²) in [5.41, 5.74) is 18.8. The predicted molar refractivity (Wildman–Crippen MR) is 349 cm³/mol. The predicted octanol–water partition coefficient (Wildman–Crippen LogP) is 21.4. The quantitative estimate of drug-likeness (QED) is 0.141. The van der Waals surface area contributed by atoms with Crippen molar-refractivity contribution < 1.29 is 0 Å². The van der Waals surface area contributed by atoms with Crippen molar-refractivity contribution in [3.8, 4) is 96.3 Å². The molecule has 0 radical (unpaired) electrons. The van der Waals surface area contributed by atoms with Crippen LogP contribution in [0, 0.1) is 87.3 Å². The van der Waals surface area contributed by atoms with Gasteiger partial charge >= 0.3 is 0 Å². The van der Waals surface area contributed by atoms with E-state index in [0.717, 1.165) is 99.4 Å². The first-order valence-corrected chi connectivity index (χ1v) is 27.6. The van der Waals surface area contributed by atoms with E-state index in [1.807, 2.05) is 72.8 Å². The van der Waals surface area contributed by atoms with Crippen LogP contribution < -0.4 is 0 Å². The number of aromatic nitrogens is 2. The Kier molecular flexibility index (Phi) is 13.2. The molecule has 0 fully saturated rings. The van der Waals surface area contributed by atoms with E-state index in [2.05, 4.69) is 125 Å². The number of aryl methyl sites for hydroxylation is 2. The van der Waals surface area contributed by atoms with Gasteiger partial charge in [-0.2, -0.15) is 15.8 Å². The monoisotopic (exact) mass is 1120 g/mol. The molecule has 0 N–H and O–H groups in total. The van der Waals surface area contributed by atoms with Gasteiger partial charge in [-0.05, 0) is 166 Å². The van der Waals surface area contributed by atoms with Crippen molar-refractivity contribution in [2.24, 2.45) is 0 Å². The lowest BCUT2D eigenvalue weighted by atomic mass is 9.88. The molecule has 402 valence electrons. The molecule has 2 aromatic heterocycles. The van der Waals surface area contributed by atoms with Gasteiger partial charge in [0.05, 0.1) is 85.4 Å². The second-order valence-electron chi connectivity index (χ2n) is 21.2. The number of nitriles is 3. The molecule has 0 atom stereocenters. The Morgan fingerprint density at radius 2 is 0.750 bits per heavy atom. The van der Waals surface area contributed by atoms with Gasteiger partial charge in [-0.25, -0.2) is 29.1 Å². The summed E-state index contributed by atoms with van der Waals surface area (Å²) in [7, 11) is 0. The first kappa shape index (κ1) is 53.7. The lowest BCUT2D eigenvalue weighted by Crippen LogP contribution is -2.04. The van der Waals surface area contributed by atoms with Crippen molar-refractivity contribution in [1.29, 1.82) is 15.8 Å². The summed E-state index contributed by atoms with van der Waals surface area (Å²) in [5.74, 6) is 0. The Bertz CT molecular complexity index is 5400. The van der Waals surface area contributed by atoms with E-state index in [0.29, 0.717) is 84.3 Å². The molecule has 2 heterocycles. The van der Waals surface area contributed by atoms with Crippen molar-refractivity contribution in [3.05, 3.63) is 297 Å². The van der Waals surface area contributed by atoms with Crippen LogP contribution in [0.1, 0.15) is 27.8 Å². The van der Waals surface area contributed by atoms with E-state index in [4.69, 9.17) is 39.4 Å².